The molecule has 0 unspecified atom stereocenters. The number of allylic oxidation sites excluding steroid dienone is 3. The second-order valence-electron chi connectivity index (χ2n) is 2.79. The van der Waals surface area contributed by atoms with Crippen molar-refractivity contribution in [2.45, 2.75) is 13.3 Å². The van der Waals surface area contributed by atoms with Crippen molar-refractivity contribution in [2.24, 2.45) is 5.73 Å². The van der Waals surface area contributed by atoms with Crippen molar-refractivity contribution in [3.05, 3.63) is 36.5 Å². The van der Waals surface area contributed by atoms with Gasteiger partial charge >= 0.3 is 0 Å². The van der Waals surface area contributed by atoms with E-state index in [0.717, 1.165) is 26.1 Å². The first kappa shape index (κ1) is 12.1. The fourth-order valence-electron chi connectivity index (χ4n) is 0.879. The Morgan fingerprint density at radius 3 is 2.85 bits per heavy atom. The molecule has 0 atom stereocenters. The summed E-state index contributed by atoms with van der Waals surface area (Å²) in [7, 11) is 0. The van der Waals surface area contributed by atoms with E-state index < -0.39 is 0 Å². The van der Waals surface area contributed by atoms with E-state index in [9.17, 15) is 0 Å². The summed E-state index contributed by atoms with van der Waals surface area (Å²) < 4.78 is 0. The lowest BCUT2D eigenvalue weighted by Gasteiger charge is -2.03. The predicted molar refractivity (Wildman–Crippen MR) is 59.6 cm³/mol. The molecule has 0 spiro atoms. The zero-order valence-corrected chi connectivity index (χ0v) is 8.42. The fourth-order valence-corrected chi connectivity index (χ4v) is 0.879. The molecule has 74 valence electrons. The van der Waals surface area contributed by atoms with E-state index in [1.807, 2.05) is 25.2 Å². The van der Waals surface area contributed by atoms with Gasteiger partial charge in [0.25, 0.3) is 0 Å². The third-order valence-electron chi connectivity index (χ3n) is 1.65. The third-order valence-corrected chi connectivity index (χ3v) is 1.65. The van der Waals surface area contributed by atoms with Crippen LogP contribution in [0, 0.1) is 0 Å². The Morgan fingerprint density at radius 1 is 1.54 bits per heavy atom. The van der Waals surface area contributed by atoms with Crippen LogP contribution in [0.2, 0.25) is 0 Å². The largest absolute Gasteiger partial charge is 0.330 e. The first-order valence-corrected chi connectivity index (χ1v) is 4.70. The lowest BCUT2D eigenvalue weighted by molar-refractivity contribution is 0.692. The Labute approximate surface area is 81.2 Å². The molecular formula is C11H20N2. The highest BCUT2D eigenvalue weighted by molar-refractivity contribution is 5.23. The molecule has 2 heteroatoms. The molecule has 0 saturated carbocycles. The summed E-state index contributed by atoms with van der Waals surface area (Å²) in [6, 6.07) is 0. The van der Waals surface area contributed by atoms with Crippen LogP contribution in [0.25, 0.3) is 0 Å². The first-order chi connectivity index (χ1) is 6.35. The molecule has 0 heterocycles. The fraction of sp³-hybridized carbons (Fsp3) is 0.455. The topological polar surface area (TPSA) is 38.0 Å². The molecule has 13 heavy (non-hydrogen) atoms. The molecule has 0 aromatic rings. The molecule has 0 aromatic carbocycles. The van der Waals surface area contributed by atoms with Gasteiger partial charge in [0.2, 0.25) is 0 Å². The Hall–Kier alpha value is -0.860. The lowest BCUT2D eigenvalue weighted by atomic mass is 10.2. The minimum Gasteiger partial charge on any atom is -0.330 e. The molecule has 2 nitrogen and oxygen atoms in total. The van der Waals surface area contributed by atoms with Gasteiger partial charge in [-0.1, -0.05) is 30.9 Å². The van der Waals surface area contributed by atoms with Gasteiger partial charge in [-0.25, -0.2) is 0 Å². The van der Waals surface area contributed by atoms with Crippen molar-refractivity contribution in [3.63, 3.8) is 0 Å². The van der Waals surface area contributed by atoms with Gasteiger partial charge in [-0.3, -0.25) is 0 Å². The van der Waals surface area contributed by atoms with Gasteiger partial charge in [-0.2, -0.15) is 0 Å². The van der Waals surface area contributed by atoms with Crippen LogP contribution >= 0.6 is 0 Å². The SMILES string of the molecule is C=C/C(=C\C=C/C)CNCCCN. The van der Waals surface area contributed by atoms with Crippen LogP contribution in [-0.4, -0.2) is 19.6 Å². The highest BCUT2D eigenvalue weighted by atomic mass is 14.8. The second-order valence-corrected chi connectivity index (χ2v) is 2.79. The Morgan fingerprint density at radius 2 is 2.31 bits per heavy atom. The summed E-state index contributed by atoms with van der Waals surface area (Å²) in [6.07, 6.45) is 8.97. The molecule has 0 amide bonds. The van der Waals surface area contributed by atoms with E-state index in [-0.39, 0.29) is 0 Å². The predicted octanol–water partition coefficient (Wildman–Crippen LogP) is 1.61. The van der Waals surface area contributed by atoms with E-state index in [4.69, 9.17) is 5.73 Å². The molecule has 0 aromatic heterocycles. The van der Waals surface area contributed by atoms with Crippen molar-refractivity contribution in [3.8, 4) is 0 Å². The van der Waals surface area contributed by atoms with Crippen LogP contribution in [0.15, 0.2) is 36.5 Å². The van der Waals surface area contributed by atoms with Crippen molar-refractivity contribution in [1.29, 1.82) is 0 Å². The summed E-state index contributed by atoms with van der Waals surface area (Å²) in [4.78, 5) is 0. The van der Waals surface area contributed by atoms with E-state index in [0.29, 0.717) is 0 Å². The van der Waals surface area contributed by atoms with Crippen LogP contribution in [0.1, 0.15) is 13.3 Å². The van der Waals surface area contributed by atoms with Gasteiger partial charge in [0.05, 0.1) is 0 Å². The van der Waals surface area contributed by atoms with Gasteiger partial charge in [-0.15, -0.1) is 0 Å². The van der Waals surface area contributed by atoms with E-state index in [1.165, 1.54) is 5.57 Å². The summed E-state index contributed by atoms with van der Waals surface area (Å²) in [6.45, 7) is 8.33. The molecule has 3 N–H and O–H groups in total. The summed E-state index contributed by atoms with van der Waals surface area (Å²) in [5.74, 6) is 0. The zero-order valence-electron chi connectivity index (χ0n) is 8.42. The van der Waals surface area contributed by atoms with Crippen LogP contribution in [0.3, 0.4) is 0 Å². The van der Waals surface area contributed by atoms with Crippen molar-refractivity contribution in [1.82, 2.24) is 5.32 Å². The van der Waals surface area contributed by atoms with Gasteiger partial charge in [-0.05, 0) is 32.0 Å². The normalized spacial score (nSPS) is 12.3. The minimum absolute atomic E-state index is 0.745. The van der Waals surface area contributed by atoms with Gasteiger partial charge in [0.1, 0.15) is 0 Å². The maximum absolute atomic E-state index is 5.37. The highest BCUT2D eigenvalue weighted by Gasteiger charge is 1.89. The summed E-state index contributed by atoms with van der Waals surface area (Å²) in [5, 5.41) is 3.29. The number of nitrogens with two attached hydrogens (primary N) is 1. The summed E-state index contributed by atoms with van der Waals surface area (Å²) >= 11 is 0. The second kappa shape index (κ2) is 9.23. The molecule has 0 aliphatic carbocycles. The van der Waals surface area contributed by atoms with Crippen molar-refractivity contribution >= 4 is 0 Å². The Balaban J connectivity index is 3.65. The standard InChI is InChI=1S/C11H20N2/c1-3-5-7-11(4-2)10-13-9-6-8-12/h3-5,7,13H,2,6,8-10,12H2,1H3/b5-3-,11-7+. The first-order valence-electron chi connectivity index (χ1n) is 4.70. The van der Waals surface area contributed by atoms with Crippen molar-refractivity contribution < 1.29 is 0 Å². The number of hydrogen-bond donors (Lipinski definition) is 2. The van der Waals surface area contributed by atoms with Crippen LogP contribution in [-0.2, 0) is 0 Å². The van der Waals surface area contributed by atoms with Crippen molar-refractivity contribution in [2.75, 3.05) is 19.6 Å². The van der Waals surface area contributed by atoms with Crippen LogP contribution in [0.5, 0.6) is 0 Å². The van der Waals surface area contributed by atoms with E-state index in [2.05, 4.69) is 18.0 Å². The molecule has 0 aliphatic rings. The molecule has 0 saturated heterocycles. The zero-order chi connectivity index (χ0) is 9.94. The third kappa shape index (κ3) is 7.50. The average Bonchev–Trinajstić information content (AvgIpc) is 2.17. The molecule has 0 radical (unpaired) electrons. The van der Waals surface area contributed by atoms with E-state index >= 15 is 0 Å². The molecule has 0 aliphatic heterocycles. The Kier molecular flexibility index (Phi) is 8.62. The van der Waals surface area contributed by atoms with E-state index in [1.54, 1.807) is 0 Å². The molecule has 0 fully saturated rings. The summed E-state index contributed by atoms with van der Waals surface area (Å²) in [5.41, 5.74) is 6.58. The quantitative estimate of drug-likeness (QED) is 0.461. The molecular weight excluding hydrogens is 160 g/mol. The van der Waals surface area contributed by atoms with Crippen LogP contribution in [0.4, 0.5) is 0 Å². The number of rotatable bonds is 7. The van der Waals surface area contributed by atoms with Crippen LogP contribution < -0.4 is 11.1 Å². The lowest BCUT2D eigenvalue weighted by Crippen LogP contribution is -2.20. The minimum atomic E-state index is 0.745. The Bertz CT molecular complexity index is 181. The average molecular weight is 180 g/mol. The molecule has 0 bridgehead atoms. The number of nitrogens with one attached hydrogen (secondary N) is 1. The number of hydrogen-bond acceptors (Lipinski definition) is 2. The smallest absolute Gasteiger partial charge is 0.0205 e. The highest BCUT2D eigenvalue weighted by Crippen LogP contribution is 1.94. The van der Waals surface area contributed by atoms with Gasteiger partial charge < -0.3 is 11.1 Å². The monoisotopic (exact) mass is 180 g/mol. The molecule has 0 rings (SSSR count). The van der Waals surface area contributed by atoms with Gasteiger partial charge in [0, 0.05) is 6.54 Å². The van der Waals surface area contributed by atoms with Gasteiger partial charge in [0.15, 0.2) is 0 Å². The maximum Gasteiger partial charge on any atom is 0.0205 e. The maximum atomic E-state index is 5.37.